The minimum absolute atomic E-state index is 0.0777. The van der Waals surface area contributed by atoms with Gasteiger partial charge in [0.2, 0.25) is 5.91 Å². The lowest BCUT2D eigenvalue weighted by Crippen LogP contribution is -2.41. The van der Waals surface area contributed by atoms with Crippen LogP contribution >= 0.6 is 0 Å². The van der Waals surface area contributed by atoms with Crippen molar-refractivity contribution in [2.24, 2.45) is 0 Å². The molecule has 0 spiro atoms. The van der Waals surface area contributed by atoms with Crippen LogP contribution in [-0.2, 0) is 17.8 Å². The van der Waals surface area contributed by atoms with Crippen LogP contribution in [0.2, 0.25) is 0 Å². The Kier molecular flexibility index (Phi) is 4.46. The zero-order chi connectivity index (χ0) is 20.8. The summed E-state index contributed by atoms with van der Waals surface area (Å²) < 4.78 is 7.95. The van der Waals surface area contributed by atoms with E-state index in [1.165, 1.54) is 0 Å². The van der Waals surface area contributed by atoms with E-state index in [2.05, 4.69) is 4.57 Å². The van der Waals surface area contributed by atoms with Gasteiger partial charge in [-0.2, -0.15) is 0 Å². The molecule has 5 rings (SSSR count). The highest BCUT2D eigenvalue weighted by atomic mass is 16.3. The number of nitrogens with zero attached hydrogens (tertiary/aromatic N) is 4. The van der Waals surface area contributed by atoms with Gasteiger partial charge in [0.05, 0.1) is 18.2 Å². The molecule has 2 aliphatic heterocycles. The number of hydrogen-bond donors (Lipinski definition) is 0. The smallest absolute Gasteiger partial charge is 0.290 e. The number of para-hydroxylation sites is 1. The Morgan fingerprint density at radius 3 is 2.70 bits per heavy atom. The van der Waals surface area contributed by atoms with Gasteiger partial charge < -0.3 is 18.8 Å². The third-order valence-electron chi connectivity index (χ3n) is 6.08. The maximum atomic E-state index is 13.3. The number of hydrogen-bond acceptors (Lipinski definition) is 4. The predicted octanol–water partition coefficient (Wildman–Crippen LogP) is 3.10. The molecule has 1 aromatic carbocycles. The third-order valence-corrected chi connectivity index (χ3v) is 6.08. The number of amides is 2. The molecule has 154 valence electrons. The number of benzene rings is 1. The average molecular weight is 404 g/mol. The number of imidazole rings is 1. The number of aromatic nitrogens is 2. The standard InChI is InChI=1S/C23H24N4O3/c1-15-18-7-3-4-8-19(18)30-21(15)23(29)27-12-11-26-14-17(24-22(26)16(27)2)13-20(28)25-9-5-6-10-25/h3-8,14,16H,9-13H2,1-2H3. The second-order valence-electron chi connectivity index (χ2n) is 7.96. The summed E-state index contributed by atoms with van der Waals surface area (Å²) >= 11 is 0. The Balaban J connectivity index is 1.37. The van der Waals surface area contributed by atoms with Gasteiger partial charge in [0.1, 0.15) is 11.4 Å². The molecule has 0 aliphatic carbocycles. The van der Waals surface area contributed by atoms with Crippen LogP contribution < -0.4 is 0 Å². The van der Waals surface area contributed by atoms with E-state index in [0.717, 1.165) is 28.1 Å². The molecule has 0 saturated heterocycles. The lowest BCUT2D eigenvalue weighted by molar-refractivity contribution is -0.129. The molecule has 2 amide bonds. The Morgan fingerprint density at radius 1 is 1.17 bits per heavy atom. The first kappa shape index (κ1) is 18.7. The van der Waals surface area contributed by atoms with Gasteiger partial charge in [-0.05, 0) is 19.9 Å². The quantitative estimate of drug-likeness (QED) is 0.629. The van der Waals surface area contributed by atoms with Crippen molar-refractivity contribution in [3.63, 3.8) is 0 Å². The van der Waals surface area contributed by atoms with Crippen LogP contribution in [-0.4, -0.2) is 50.8 Å². The zero-order valence-electron chi connectivity index (χ0n) is 17.2. The fourth-order valence-electron chi connectivity index (χ4n) is 4.37. The van der Waals surface area contributed by atoms with Crippen LogP contribution in [0.5, 0.6) is 0 Å². The molecule has 0 radical (unpaired) electrons. The van der Waals surface area contributed by atoms with Crippen molar-refractivity contribution in [1.82, 2.24) is 19.4 Å². The second kappa shape index (κ2) is 7.16. The minimum Gasteiger partial charge on any atom is -0.451 e. The van der Waals surface area contributed by atoms with E-state index in [-0.39, 0.29) is 24.3 Å². The molecule has 0 saturated carbocycles. The van der Waals surface area contributed by atoms with Crippen molar-refractivity contribution in [3.05, 3.63) is 65.5 Å². The molecule has 30 heavy (non-hydrogen) atoms. The lowest BCUT2D eigenvalue weighted by atomic mass is 10.1. The van der Waals surface area contributed by atoms with Gasteiger partial charge in [-0.15, -0.1) is 0 Å². The average Bonchev–Trinajstić information content (AvgIpc) is 3.47. The predicted molar refractivity (Wildman–Crippen MR) is 112 cm³/mol. The number of rotatable bonds is 3. The van der Waals surface area contributed by atoms with E-state index < -0.39 is 0 Å². The maximum Gasteiger partial charge on any atom is 0.290 e. The van der Waals surface area contributed by atoms with Gasteiger partial charge in [0.15, 0.2) is 5.76 Å². The molecular formula is C23H24N4O3. The van der Waals surface area contributed by atoms with Gasteiger partial charge >= 0.3 is 0 Å². The Morgan fingerprint density at radius 2 is 1.93 bits per heavy atom. The Labute approximate surface area is 174 Å². The van der Waals surface area contributed by atoms with Crippen molar-refractivity contribution >= 4 is 22.8 Å². The zero-order valence-corrected chi connectivity index (χ0v) is 17.2. The molecule has 7 nitrogen and oxygen atoms in total. The Bertz CT molecular complexity index is 1160. The van der Waals surface area contributed by atoms with Crippen molar-refractivity contribution in [1.29, 1.82) is 0 Å². The molecule has 4 heterocycles. The van der Waals surface area contributed by atoms with Gasteiger partial charge in [0, 0.05) is 43.3 Å². The molecule has 0 N–H and O–H groups in total. The molecule has 1 unspecified atom stereocenters. The summed E-state index contributed by atoms with van der Waals surface area (Å²) in [5.41, 5.74) is 2.34. The van der Waals surface area contributed by atoms with E-state index in [4.69, 9.17) is 9.40 Å². The summed E-state index contributed by atoms with van der Waals surface area (Å²) in [5, 5.41) is 0.962. The summed E-state index contributed by atoms with van der Waals surface area (Å²) in [6.07, 6.45) is 6.23. The highest BCUT2D eigenvalue weighted by Crippen LogP contribution is 2.31. The van der Waals surface area contributed by atoms with Crippen molar-refractivity contribution in [2.45, 2.75) is 32.9 Å². The van der Waals surface area contributed by atoms with Crippen LogP contribution in [0.15, 0.2) is 47.0 Å². The van der Waals surface area contributed by atoms with E-state index in [1.807, 2.05) is 66.3 Å². The first-order valence-corrected chi connectivity index (χ1v) is 10.3. The van der Waals surface area contributed by atoms with E-state index in [1.54, 1.807) is 0 Å². The highest BCUT2D eigenvalue weighted by Gasteiger charge is 2.33. The third kappa shape index (κ3) is 3.01. The molecule has 7 heteroatoms. The Hall–Kier alpha value is -3.35. The number of fused-ring (bicyclic) bond motifs is 2. The fraction of sp³-hybridized carbons (Fsp3) is 0.348. The van der Waals surface area contributed by atoms with Gasteiger partial charge in [-0.25, -0.2) is 4.98 Å². The van der Waals surface area contributed by atoms with Crippen LogP contribution in [0.4, 0.5) is 0 Å². The highest BCUT2D eigenvalue weighted by molar-refractivity contribution is 5.99. The summed E-state index contributed by atoms with van der Waals surface area (Å²) in [6, 6.07) is 7.50. The van der Waals surface area contributed by atoms with Gasteiger partial charge in [-0.3, -0.25) is 9.59 Å². The van der Waals surface area contributed by atoms with Crippen LogP contribution in [0.3, 0.4) is 0 Å². The number of carbonyl (C=O) groups excluding carboxylic acids is 2. The van der Waals surface area contributed by atoms with Gasteiger partial charge in [-0.1, -0.05) is 30.4 Å². The first-order valence-electron chi connectivity index (χ1n) is 10.3. The molecule has 0 fully saturated rings. The van der Waals surface area contributed by atoms with Crippen molar-refractivity contribution < 1.29 is 14.0 Å². The lowest BCUT2D eigenvalue weighted by Gasteiger charge is -2.33. The van der Waals surface area contributed by atoms with Crippen molar-refractivity contribution in [2.75, 3.05) is 19.6 Å². The van der Waals surface area contributed by atoms with Crippen LogP contribution in [0.1, 0.15) is 40.6 Å². The number of carbonyl (C=O) groups is 2. The molecule has 2 aliphatic rings. The van der Waals surface area contributed by atoms with E-state index >= 15 is 0 Å². The number of aryl methyl sites for hydroxylation is 1. The van der Waals surface area contributed by atoms with E-state index in [0.29, 0.717) is 31.9 Å². The summed E-state index contributed by atoms with van der Waals surface area (Å²) in [6.45, 7) is 6.46. The summed E-state index contributed by atoms with van der Waals surface area (Å²) in [5.74, 6) is 1.16. The normalized spacial score (nSPS) is 18.3. The van der Waals surface area contributed by atoms with Crippen molar-refractivity contribution in [3.8, 4) is 0 Å². The fourth-order valence-corrected chi connectivity index (χ4v) is 4.37. The topological polar surface area (TPSA) is 71.6 Å². The first-order chi connectivity index (χ1) is 14.5. The van der Waals surface area contributed by atoms with Crippen LogP contribution in [0, 0.1) is 6.92 Å². The van der Waals surface area contributed by atoms with Gasteiger partial charge in [0.25, 0.3) is 5.91 Å². The molecule has 3 aromatic rings. The maximum absolute atomic E-state index is 13.3. The molecule has 0 bridgehead atoms. The number of furan rings is 1. The summed E-state index contributed by atoms with van der Waals surface area (Å²) in [7, 11) is 0. The largest absolute Gasteiger partial charge is 0.451 e. The summed E-state index contributed by atoms with van der Waals surface area (Å²) in [4.78, 5) is 34.1. The monoisotopic (exact) mass is 404 g/mol. The molecular weight excluding hydrogens is 380 g/mol. The van der Waals surface area contributed by atoms with Crippen LogP contribution in [0.25, 0.3) is 11.0 Å². The van der Waals surface area contributed by atoms with E-state index in [9.17, 15) is 9.59 Å². The molecule has 2 aromatic heterocycles. The minimum atomic E-state index is -0.198. The SMILES string of the molecule is Cc1c(C(=O)N2CCn3cc(CC(=O)N4CC=CC4)nc3C2C)oc2ccccc12. The second-order valence-corrected chi connectivity index (χ2v) is 7.96. The molecule has 1 atom stereocenters.